The largest absolute Gasteiger partial charge is 0.417 e. The van der Waals surface area contributed by atoms with E-state index in [-0.39, 0.29) is 45.6 Å². The maximum Gasteiger partial charge on any atom is 0.417 e. The van der Waals surface area contributed by atoms with Crippen molar-refractivity contribution in [2.24, 2.45) is 5.92 Å². The van der Waals surface area contributed by atoms with Crippen LogP contribution >= 0.6 is 11.3 Å². The first-order valence-corrected chi connectivity index (χ1v) is 14.7. The predicted molar refractivity (Wildman–Crippen MR) is 156 cm³/mol. The Balaban J connectivity index is 1.53. The van der Waals surface area contributed by atoms with Gasteiger partial charge >= 0.3 is 6.18 Å². The van der Waals surface area contributed by atoms with E-state index in [0.717, 1.165) is 24.2 Å². The SMILES string of the molecule is C[C@@H]1CN(c2cc(F)c(-c3nc(C(=O)N(C)CC4CC4)cs3)cc2NC(=O)c2c[nH]c(=O)cc2C(F)(F)F)C[C@H](C)N1C. The van der Waals surface area contributed by atoms with Gasteiger partial charge in [0, 0.05) is 68.0 Å². The normalized spacial score (nSPS) is 19.4. The number of H-pyrrole nitrogens is 1. The number of benzene rings is 1. The van der Waals surface area contributed by atoms with Gasteiger partial charge in [0.05, 0.1) is 22.5 Å². The van der Waals surface area contributed by atoms with Crippen LogP contribution in [0.15, 0.2) is 34.6 Å². The Morgan fingerprint density at radius 1 is 1.16 bits per heavy atom. The molecule has 2 N–H and O–H groups in total. The van der Waals surface area contributed by atoms with Crippen LogP contribution in [0.5, 0.6) is 0 Å². The summed E-state index contributed by atoms with van der Waals surface area (Å²) in [6.07, 6.45) is -2.11. The number of carbonyl (C=O) groups is 2. The quantitative estimate of drug-likeness (QED) is 0.364. The lowest BCUT2D eigenvalue weighted by Gasteiger charge is -2.44. The summed E-state index contributed by atoms with van der Waals surface area (Å²) >= 11 is 1.05. The molecule has 43 heavy (non-hydrogen) atoms. The third kappa shape index (κ3) is 6.59. The minimum absolute atomic E-state index is 0.0133. The number of aromatic nitrogens is 2. The maximum atomic E-state index is 15.7. The molecule has 14 heteroatoms. The lowest BCUT2D eigenvalue weighted by molar-refractivity contribution is -0.138. The molecular formula is C29H32F4N6O3S. The lowest BCUT2D eigenvalue weighted by atomic mass is 10.1. The molecule has 1 saturated heterocycles. The number of amides is 2. The monoisotopic (exact) mass is 620 g/mol. The van der Waals surface area contributed by atoms with E-state index in [1.54, 1.807) is 11.9 Å². The molecule has 2 aliphatic rings. The van der Waals surface area contributed by atoms with Crippen LogP contribution in [0.25, 0.3) is 10.6 Å². The van der Waals surface area contributed by atoms with Crippen LogP contribution < -0.4 is 15.8 Å². The molecule has 0 spiro atoms. The van der Waals surface area contributed by atoms with Gasteiger partial charge in [-0.2, -0.15) is 13.2 Å². The Kier molecular flexibility index (Phi) is 8.36. The fourth-order valence-electron chi connectivity index (χ4n) is 5.23. The summed E-state index contributed by atoms with van der Waals surface area (Å²) in [5.74, 6) is -1.61. The Morgan fingerprint density at radius 2 is 1.84 bits per heavy atom. The highest BCUT2D eigenvalue weighted by Gasteiger charge is 2.36. The minimum Gasteiger partial charge on any atom is -0.367 e. The second-order valence-corrected chi connectivity index (χ2v) is 12.2. The Labute approximate surface area is 249 Å². The average Bonchev–Trinajstić information content (AvgIpc) is 3.62. The molecule has 1 aliphatic carbocycles. The molecule has 2 atom stereocenters. The summed E-state index contributed by atoms with van der Waals surface area (Å²) < 4.78 is 56.9. The number of alkyl halides is 3. The van der Waals surface area contributed by atoms with E-state index in [9.17, 15) is 27.6 Å². The number of nitrogens with one attached hydrogen (secondary N) is 2. The summed E-state index contributed by atoms with van der Waals surface area (Å²) in [4.78, 5) is 49.9. The number of hydrogen-bond acceptors (Lipinski definition) is 7. The number of rotatable bonds is 7. The number of nitrogens with zero attached hydrogens (tertiary/aromatic N) is 4. The fraction of sp³-hybridized carbons (Fsp3) is 0.448. The zero-order valence-corrected chi connectivity index (χ0v) is 24.9. The van der Waals surface area contributed by atoms with E-state index in [2.05, 4.69) is 20.2 Å². The van der Waals surface area contributed by atoms with Gasteiger partial charge in [0.2, 0.25) is 5.56 Å². The molecule has 2 fully saturated rings. The number of likely N-dealkylation sites (N-methyl/N-ethyl adjacent to an activating group) is 1. The first-order chi connectivity index (χ1) is 20.2. The van der Waals surface area contributed by atoms with E-state index in [0.29, 0.717) is 37.8 Å². The molecule has 1 aliphatic heterocycles. The number of halogens is 4. The molecule has 2 aromatic heterocycles. The predicted octanol–water partition coefficient (Wildman–Crippen LogP) is 4.92. The molecule has 0 unspecified atom stereocenters. The van der Waals surface area contributed by atoms with Gasteiger partial charge in [-0.1, -0.05) is 0 Å². The van der Waals surface area contributed by atoms with Crippen molar-refractivity contribution in [1.82, 2.24) is 19.8 Å². The smallest absolute Gasteiger partial charge is 0.367 e. The van der Waals surface area contributed by atoms with Crippen LogP contribution in [0.4, 0.5) is 28.9 Å². The number of anilines is 2. The fourth-order valence-corrected chi connectivity index (χ4v) is 6.05. The number of pyridine rings is 1. The second-order valence-electron chi connectivity index (χ2n) is 11.4. The highest BCUT2D eigenvalue weighted by Crippen LogP contribution is 2.38. The first-order valence-electron chi connectivity index (χ1n) is 13.9. The van der Waals surface area contributed by atoms with Crippen LogP contribution in [0.3, 0.4) is 0 Å². The van der Waals surface area contributed by atoms with Gasteiger partial charge in [0.25, 0.3) is 11.8 Å². The van der Waals surface area contributed by atoms with Gasteiger partial charge in [-0.25, -0.2) is 9.37 Å². The zero-order valence-electron chi connectivity index (χ0n) is 24.1. The number of thiazole rings is 1. The maximum absolute atomic E-state index is 15.7. The van der Waals surface area contributed by atoms with Crippen molar-refractivity contribution in [2.45, 2.75) is 44.9 Å². The molecule has 0 radical (unpaired) electrons. The summed E-state index contributed by atoms with van der Waals surface area (Å²) in [7, 11) is 3.66. The lowest BCUT2D eigenvalue weighted by Crippen LogP contribution is -2.55. The molecule has 5 rings (SSSR count). The van der Waals surface area contributed by atoms with Crippen molar-refractivity contribution in [3.63, 3.8) is 0 Å². The number of carbonyl (C=O) groups excluding carboxylic acids is 2. The van der Waals surface area contributed by atoms with E-state index < -0.39 is 34.6 Å². The van der Waals surface area contributed by atoms with Gasteiger partial charge in [0.15, 0.2) is 0 Å². The molecule has 1 aromatic carbocycles. The van der Waals surface area contributed by atoms with Crippen molar-refractivity contribution in [3.8, 4) is 10.6 Å². The van der Waals surface area contributed by atoms with Crippen LogP contribution in [0, 0.1) is 11.7 Å². The Morgan fingerprint density at radius 3 is 2.47 bits per heavy atom. The van der Waals surface area contributed by atoms with E-state index in [4.69, 9.17) is 0 Å². The van der Waals surface area contributed by atoms with E-state index in [1.165, 1.54) is 17.5 Å². The zero-order chi connectivity index (χ0) is 31.2. The standard InChI is InChI=1S/C29H32F4N6O3S/c1-15-11-39(12-16(2)38(15)4)24-9-21(30)18(27-36-23(14-43-27)28(42)37(3)13-17-5-6-17)7-22(24)35-26(41)19-10-34-25(40)8-20(19)29(31,32)33/h7-10,14-17H,5-6,11-13H2,1-4H3,(H,34,40)(H,35,41)/t15-,16+. The van der Waals surface area contributed by atoms with Crippen molar-refractivity contribution in [1.29, 1.82) is 0 Å². The number of hydrogen-bond donors (Lipinski definition) is 2. The van der Waals surface area contributed by atoms with Crippen LogP contribution in [0.1, 0.15) is 53.1 Å². The average molecular weight is 621 g/mol. The van der Waals surface area contributed by atoms with Crippen molar-refractivity contribution in [2.75, 3.05) is 43.9 Å². The van der Waals surface area contributed by atoms with Gasteiger partial charge in [-0.3, -0.25) is 19.3 Å². The van der Waals surface area contributed by atoms with Gasteiger partial charge in [-0.15, -0.1) is 11.3 Å². The summed E-state index contributed by atoms with van der Waals surface area (Å²) in [5.41, 5.74) is -2.69. The topological polar surface area (TPSA) is 102 Å². The van der Waals surface area contributed by atoms with Gasteiger partial charge < -0.3 is 20.1 Å². The molecule has 3 heterocycles. The minimum atomic E-state index is -4.96. The molecule has 3 aromatic rings. The molecule has 9 nitrogen and oxygen atoms in total. The Bertz CT molecular complexity index is 1590. The molecular weight excluding hydrogens is 588 g/mol. The molecule has 2 amide bonds. The van der Waals surface area contributed by atoms with Crippen molar-refractivity contribution >= 4 is 34.5 Å². The third-order valence-electron chi connectivity index (χ3n) is 8.04. The van der Waals surface area contributed by atoms with Crippen molar-refractivity contribution < 1.29 is 27.2 Å². The first kappa shape index (κ1) is 30.7. The summed E-state index contributed by atoms with van der Waals surface area (Å²) in [6.45, 7) is 5.54. The number of aromatic amines is 1. The van der Waals surface area contributed by atoms with Crippen LogP contribution in [-0.4, -0.2) is 77.4 Å². The highest BCUT2D eigenvalue weighted by molar-refractivity contribution is 7.13. The Hall–Kier alpha value is -3.78. The summed E-state index contributed by atoms with van der Waals surface area (Å²) in [6, 6.07) is 3.01. The van der Waals surface area contributed by atoms with E-state index >= 15 is 4.39 Å². The second kappa shape index (κ2) is 11.7. The molecule has 230 valence electrons. The third-order valence-corrected chi connectivity index (χ3v) is 8.91. The van der Waals surface area contributed by atoms with Crippen molar-refractivity contribution in [3.05, 3.63) is 62.8 Å². The number of piperazine rings is 1. The van der Waals surface area contributed by atoms with Gasteiger partial charge in [0.1, 0.15) is 16.5 Å². The van der Waals surface area contributed by atoms with E-state index in [1.807, 2.05) is 25.8 Å². The summed E-state index contributed by atoms with van der Waals surface area (Å²) in [5, 5.41) is 4.25. The highest BCUT2D eigenvalue weighted by atomic mass is 32.1. The molecule has 0 bridgehead atoms. The van der Waals surface area contributed by atoms with Crippen LogP contribution in [-0.2, 0) is 6.18 Å². The van der Waals surface area contributed by atoms with Crippen LogP contribution in [0.2, 0.25) is 0 Å². The molecule has 1 saturated carbocycles. The van der Waals surface area contributed by atoms with Gasteiger partial charge in [-0.05, 0) is 45.7 Å².